The molecule has 0 aliphatic carbocycles. The van der Waals surface area contributed by atoms with Gasteiger partial charge in [-0.3, -0.25) is 9.69 Å². The number of aliphatic hydroxyl groups is 1. The molecule has 2 heterocycles. The summed E-state index contributed by atoms with van der Waals surface area (Å²) in [6.45, 7) is 2.34. The molecule has 1 saturated heterocycles. The van der Waals surface area contributed by atoms with Gasteiger partial charge in [0.15, 0.2) is 5.60 Å². The van der Waals surface area contributed by atoms with E-state index in [0.717, 1.165) is 15.2 Å². The van der Waals surface area contributed by atoms with Crippen molar-refractivity contribution in [2.45, 2.75) is 24.7 Å². The Bertz CT molecular complexity index is 1020. The molecule has 1 amide bonds. The minimum Gasteiger partial charge on any atom is -0.376 e. The lowest BCUT2D eigenvalue weighted by Crippen LogP contribution is -2.52. The Morgan fingerprint density at radius 2 is 1.65 bits per heavy atom. The summed E-state index contributed by atoms with van der Waals surface area (Å²) >= 11 is 1.61. The highest BCUT2D eigenvalue weighted by atomic mass is 32.1. The van der Waals surface area contributed by atoms with Gasteiger partial charge in [-0.1, -0.05) is 42.5 Å². The molecule has 9 heteroatoms. The number of carbonyl (C=O) groups is 1. The van der Waals surface area contributed by atoms with E-state index in [1.807, 2.05) is 24.3 Å². The van der Waals surface area contributed by atoms with Crippen LogP contribution < -0.4 is 0 Å². The molecule has 1 N–H and O–H groups in total. The van der Waals surface area contributed by atoms with E-state index < -0.39 is 24.1 Å². The topological polar surface area (TPSA) is 56.7 Å². The third-order valence-corrected chi connectivity index (χ3v) is 6.57. The first-order valence-corrected chi connectivity index (χ1v) is 10.8. The quantitative estimate of drug-likeness (QED) is 0.644. The van der Waals surface area contributed by atoms with Crippen molar-refractivity contribution in [2.75, 3.05) is 26.2 Å². The number of halogens is 3. The molecule has 3 aromatic rings. The second-order valence-corrected chi connectivity index (χ2v) is 8.75. The Balaban J connectivity index is 1.38. The molecule has 1 aliphatic rings. The molecule has 1 atom stereocenters. The molecule has 5 nitrogen and oxygen atoms in total. The summed E-state index contributed by atoms with van der Waals surface area (Å²) in [5, 5.41) is 11.4. The molecule has 4 rings (SSSR count). The van der Waals surface area contributed by atoms with Crippen molar-refractivity contribution >= 4 is 27.5 Å². The van der Waals surface area contributed by atoms with Crippen molar-refractivity contribution in [2.24, 2.45) is 0 Å². The van der Waals surface area contributed by atoms with Gasteiger partial charge in [0.1, 0.15) is 5.01 Å². The Hall–Kier alpha value is -2.49. The van der Waals surface area contributed by atoms with Crippen LogP contribution >= 0.6 is 11.3 Å². The maximum atomic E-state index is 13.7. The largest absolute Gasteiger partial charge is 0.421 e. The molecule has 1 aliphatic heterocycles. The van der Waals surface area contributed by atoms with E-state index in [1.165, 1.54) is 29.2 Å². The average molecular weight is 449 g/mol. The van der Waals surface area contributed by atoms with Crippen molar-refractivity contribution in [3.05, 3.63) is 65.2 Å². The predicted octanol–water partition coefficient (Wildman–Crippen LogP) is 3.78. The van der Waals surface area contributed by atoms with Gasteiger partial charge in [0.05, 0.1) is 23.2 Å². The van der Waals surface area contributed by atoms with E-state index >= 15 is 0 Å². The van der Waals surface area contributed by atoms with Crippen LogP contribution in [0.2, 0.25) is 0 Å². The number of thiazole rings is 1. The summed E-state index contributed by atoms with van der Waals surface area (Å²) in [4.78, 5) is 20.8. The number of fused-ring (bicyclic) bond motifs is 1. The number of hydrogen-bond acceptors (Lipinski definition) is 5. The molecule has 0 radical (unpaired) electrons. The smallest absolute Gasteiger partial charge is 0.376 e. The fourth-order valence-electron chi connectivity index (χ4n) is 3.74. The molecule has 31 heavy (non-hydrogen) atoms. The molecular weight excluding hydrogens is 427 g/mol. The minimum absolute atomic E-state index is 0.312. The van der Waals surface area contributed by atoms with Crippen LogP contribution in [0.15, 0.2) is 54.6 Å². The van der Waals surface area contributed by atoms with Crippen LogP contribution in [0.4, 0.5) is 13.2 Å². The third kappa shape index (κ3) is 4.58. The number of rotatable bonds is 5. The van der Waals surface area contributed by atoms with Crippen LogP contribution in [0.25, 0.3) is 10.2 Å². The normalized spacial score (nSPS) is 17.6. The van der Waals surface area contributed by atoms with Gasteiger partial charge in [-0.15, -0.1) is 11.3 Å². The van der Waals surface area contributed by atoms with E-state index in [-0.39, 0.29) is 5.56 Å². The van der Waals surface area contributed by atoms with Gasteiger partial charge < -0.3 is 10.0 Å². The average Bonchev–Trinajstić information content (AvgIpc) is 3.16. The number of aromatic nitrogens is 1. The first-order chi connectivity index (χ1) is 14.8. The Kier molecular flexibility index (Phi) is 6.00. The number of piperazine rings is 1. The number of hydrogen-bond donors (Lipinski definition) is 1. The highest BCUT2D eigenvalue weighted by Crippen LogP contribution is 2.42. The van der Waals surface area contributed by atoms with Gasteiger partial charge >= 0.3 is 6.18 Å². The van der Waals surface area contributed by atoms with E-state index in [9.17, 15) is 23.1 Å². The number of amides is 1. The second-order valence-electron chi connectivity index (χ2n) is 7.63. The lowest BCUT2D eigenvalue weighted by atomic mass is 9.89. The van der Waals surface area contributed by atoms with E-state index in [1.54, 1.807) is 17.4 Å². The Morgan fingerprint density at radius 1 is 1.00 bits per heavy atom. The van der Waals surface area contributed by atoms with Gasteiger partial charge in [-0.25, -0.2) is 4.98 Å². The van der Waals surface area contributed by atoms with Gasteiger partial charge in [-0.05, 0) is 17.7 Å². The summed E-state index contributed by atoms with van der Waals surface area (Å²) in [6, 6.07) is 14.6. The first-order valence-electron chi connectivity index (χ1n) is 9.95. The van der Waals surface area contributed by atoms with Crippen LogP contribution in [0.3, 0.4) is 0 Å². The van der Waals surface area contributed by atoms with Crippen molar-refractivity contribution in [1.82, 2.24) is 14.8 Å². The van der Waals surface area contributed by atoms with E-state index in [0.29, 0.717) is 32.7 Å². The van der Waals surface area contributed by atoms with E-state index in [2.05, 4.69) is 9.88 Å². The van der Waals surface area contributed by atoms with Gasteiger partial charge in [-0.2, -0.15) is 13.2 Å². The zero-order valence-electron chi connectivity index (χ0n) is 16.7. The minimum atomic E-state index is -4.96. The van der Waals surface area contributed by atoms with Crippen molar-refractivity contribution in [1.29, 1.82) is 0 Å². The number of para-hydroxylation sites is 1. The fraction of sp³-hybridized carbons (Fsp3) is 0.364. The number of benzene rings is 2. The molecule has 1 aromatic heterocycles. The fourth-order valence-corrected chi connectivity index (χ4v) is 4.75. The van der Waals surface area contributed by atoms with Gasteiger partial charge in [0, 0.05) is 26.2 Å². The number of alkyl halides is 3. The lowest BCUT2D eigenvalue weighted by Gasteiger charge is -2.37. The van der Waals surface area contributed by atoms with E-state index in [4.69, 9.17) is 0 Å². The highest BCUT2D eigenvalue weighted by Gasteiger charge is 2.56. The molecule has 0 spiro atoms. The predicted molar refractivity (Wildman–Crippen MR) is 112 cm³/mol. The molecular formula is C22H22F3N3O2S. The molecule has 0 bridgehead atoms. The van der Waals surface area contributed by atoms with Crippen LogP contribution in [0.1, 0.15) is 17.0 Å². The summed E-state index contributed by atoms with van der Waals surface area (Å²) in [5.74, 6) is -0.705. The van der Waals surface area contributed by atoms with Crippen molar-refractivity contribution in [3.8, 4) is 0 Å². The molecule has 0 saturated carbocycles. The van der Waals surface area contributed by atoms with Crippen molar-refractivity contribution < 1.29 is 23.1 Å². The first kappa shape index (κ1) is 21.7. The summed E-state index contributed by atoms with van der Waals surface area (Å²) in [7, 11) is 0. The number of nitrogens with zero attached hydrogens (tertiary/aromatic N) is 3. The van der Waals surface area contributed by atoms with Gasteiger partial charge in [0.25, 0.3) is 0 Å². The molecule has 1 unspecified atom stereocenters. The third-order valence-electron chi connectivity index (χ3n) is 5.55. The van der Waals surface area contributed by atoms with Crippen molar-refractivity contribution in [3.63, 3.8) is 0 Å². The standard InChI is InChI=1S/C22H22F3N3O2S/c23-22(24,25)21(30,16-6-2-1-3-7-16)14-20(29)28-12-10-27(11-13-28)15-19-26-17-8-4-5-9-18(17)31-19/h1-9,30H,10-15H2. The SMILES string of the molecule is O=C(CC(O)(c1ccccc1)C(F)(F)F)N1CCN(Cc2nc3ccccc3s2)CC1. The van der Waals surface area contributed by atoms with Gasteiger partial charge in [0.2, 0.25) is 5.91 Å². The summed E-state index contributed by atoms with van der Waals surface area (Å²) in [6.07, 6.45) is -5.99. The van der Waals surface area contributed by atoms with Crippen LogP contribution in [0.5, 0.6) is 0 Å². The Morgan fingerprint density at radius 3 is 2.29 bits per heavy atom. The van der Waals surface area contributed by atoms with Crippen LogP contribution in [-0.4, -0.2) is 58.2 Å². The molecule has 2 aromatic carbocycles. The number of carbonyl (C=O) groups excluding carboxylic acids is 1. The summed E-state index contributed by atoms with van der Waals surface area (Å²) < 4.78 is 42.1. The monoisotopic (exact) mass is 449 g/mol. The molecule has 1 fully saturated rings. The maximum Gasteiger partial charge on any atom is 0.421 e. The van der Waals surface area contributed by atoms with Crippen LogP contribution in [-0.2, 0) is 16.9 Å². The molecule has 164 valence electrons. The lowest BCUT2D eigenvalue weighted by molar-refractivity contribution is -0.268. The summed E-state index contributed by atoms with van der Waals surface area (Å²) in [5.41, 5.74) is -2.59. The maximum absolute atomic E-state index is 13.7. The zero-order chi connectivity index (χ0) is 22.1. The Labute approximate surface area is 181 Å². The zero-order valence-corrected chi connectivity index (χ0v) is 17.5. The van der Waals surface area contributed by atoms with Crippen LogP contribution in [0, 0.1) is 0 Å². The second kappa shape index (κ2) is 8.57. The highest BCUT2D eigenvalue weighted by molar-refractivity contribution is 7.18.